The Morgan fingerprint density at radius 2 is 1.88 bits per heavy atom. The largest absolute Gasteiger partial charge is 0.347 e. The Bertz CT molecular complexity index is 1010. The van der Waals surface area contributed by atoms with Crippen molar-refractivity contribution in [1.82, 2.24) is 15.5 Å². The number of aromatic nitrogens is 2. The van der Waals surface area contributed by atoms with E-state index in [0.29, 0.717) is 12.2 Å². The van der Waals surface area contributed by atoms with Crippen LogP contribution in [0.3, 0.4) is 0 Å². The Hall–Kier alpha value is -2.67. The topological polar surface area (TPSA) is 91.9 Å². The second-order valence-corrected chi connectivity index (χ2v) is 7.74. The van der Waals surface area contributed by atoms with Gasteiger partial charge in [-0.25, -0.2) is 8.42 Å². The van der Waals surface area contributed by atoms with Crippen LogP contribution in [0, 0.1) is 6.92 Å². The van der Waals surface area contributed by atoms with Crippen LogP contribution < -0.4 is 5.32 Å². The standard InChI is InChI=1S/C17H17N3O3S/c1-11-3-8-15-14(9-11)16(20-19-15)17(21)18-10-12-4-6-13(7-5-12)24(2,22)23/h3-9H,10H2,1-2H3,(H,18,21)(H,19,20). The summed E-state index contributed by atoms with van der Waals surface area (Å²) in [4.78, 5) is 12.6. The van der Waals surface area contributed by atoms with Gasteiger partial charge in [0, 0.05) is 18.2 Å². The second kappa shape index (κ2) is 6.09. The van der Waals surface area contributed by atoms with Crippen LogP contribution in [-0.2, 0) is 16.4 Å². The number of H-pyrrole nitrogens is 1. The molecule has 0 unspecified atom stereocenters. The van der Waals surface area contributed by atoms with Gasteiger partial charge in [-0.15, -0.1) is 0 Å². The number of fused-ring (bicyclic) bond motifs is 1. The van der Waals surface area contributed by atoms with Crippen LogP contribution >= 0.6 is 0 Å². The quantitative estimate of drug-likeness (QED) is 0.760. The van der Waals surface area contributed by atoms with E-state index in [-0.39, 0.29) is 10.8 Å². The van der Waals surface area contributed by atoms with E-state index in [1.807, 2.05) is 25.1 Å². The first-order valence-electron chi connectivity index (χ1n) is 7.36. The SMILES string of the molecule is Cc1ccc2[nH]nc(C(=O)NCc3ccc(S(C)(=O)=O)cc3)c2c1. The van der Waals surface area contributed by atoms with Gasteiger partial charge in [0.2, 0.25) is 0 Å². The van der Waals surface area contributed by atoms with Crippen molar-refractivity contribution >= 4 is 26.6 Å². The number of nitrogens with one attached hydrogen (secondary N) is 2. The van der Waals surface area contributed by atoms with Crippen molar-refractivity contribution in [2.45, 2.75) is 18.4 Å². The highest BCUT2D eigenvalue weighted by atomic mass is 32.2. The molecule has 0 radical (unpaired) electrons. The number of sulfone groups is 1. The third kappa shape index (κ3) is 3.30. The molecule has 0 aliphatic heterocycles. The lowest BCUT2D eigenvalue weighted by Gasteiger charge is -2.05. The van der Waals surface area contributed by atoms with Gasteiger partial charge in [0.15, 0.2) is 15.5 Å². The Balaban J connectivity index is 1.74. The highest BCUT2D eigenvalue weighted by Crippen LogP contribution is 2.17. The van der Waals surface area contributed by atoms with Crippen LogP contribution in [0.15, 0.2) is 47.4 Å². The molecule has 7 heteroatoms. The van der Waals surface area contributed by atoms with Crippen molar-refractivity contribution in [3.63, 3.8) is 0 Å². The van der Waals surface area contributed by atoms with Crippen molar-refractivity contribution in [2.24, 2.45) is 0 Å². The lowest BCUT2D eigenvalue weighted by atomic mass is 10.1. The van der Waals surface area contributed by atoms with E-state index >= 15 is 0 Å². The zero-order valence-electron chi connectivity index (χ0n) is 13.3. The number of aryl methyl sites for hydroxylation is 1. The Morgan fingerprint density at radius 1 is 1.17 bits per heavy atom. The maximum atomic E-state index is 12.3. The third-order valence-corrected chi connectivity index (χ3v) is 4.87. The first-order valence-corrected chi connectivity index (χ1v) is 9.25. The summed E-state index contributed by atoms with van der Waals surface area (Å²) in [5.74, 6) is -0.279. The lowest BCUT2D eigenvalue weighted by molar-refractivity contribution is 0.0947. The molecular formula is C17H17N3O3S. The summed E-state index contributed by atoms with van der Waals surface area (Å²) in [6.45, 7) is 2.25. The number of hydrogen-bond donors (Lipinski definition) is 2. The van der Waals surface area contributed by atoms with Crippen molar-refractivity contribution in [1.29, 1.82) is 0 Å². The monoisotopic (exact) mass is 343 g/mol. The Labute approximate surface area is 139 Å². The van der Waals surface area contributed by atoms with Gasteiger partial charge in [0.1, 0.15) is 0 Å². The number of hydrogen-bond acceptors (Lipinski definition) is 4. The molecule has 0 atom stereocenters. The fourth-order valence-electron chi connectivity index (χ4n) is 2.42. The summed E-state index contributed by atoms with van der Waals surface area (Å²) in [6, 6.07) is 12.2. The van der Waals surface area contributed by atoms with E-state index in [4.69, 9.17) is 0 Å². The minimum atomic E-state index is -3.22. The number of rotatable bonds is 4. The van der Waals surface area contributed by atoms with E-state index in [0.717, 1.165) is 28.3 Å². The minimum absolute atomic E-state index is 0.256. The first kappa shape index (κ1) is 16.2. The van der Waals surface area contributed by atoms with Crippen molar-refractivity contribution < 1.29 is 13.2 Å². The molecule has 6 nitrogen and oxygen atoms in total. The van der Waals surface area contributed by atoms with E-state index in [1.165, 1.54) is 12.1 Å². The molecule has 0 aliphatic rings. The molecule has 1 heterocycles. The molecule has 1 aromatic heterocycles. The average molecular weight is 343 g/mol. The number of carbonyl (C=O) groups is 1. The molecule has 2 N–H and O–H groups in total. The van der Waals surface area contributed by atoms with Crippen LogP contribution in [0.2, 0.25) is 0 Å². The predicted molar refractivity (Wildman–Crippen MR) is 91.6 cm³/mol. The summed E-state index contributed by atoms with van der Waals surface area (Å²) in [6.07, 6.45) is 1.16. The molecule has 2 aromatic carbocycles. The molecule has 124 valence electrons. The average Bonchev–Trinajstić information content (AvgIpc) is 2.95. The van der Waals surface area contributed by atoms with Gasteiger partial charge in [0.05, 0.1) is 10.4 Å². The zero-order chi connectivity index (χ0) is 17.3. The molecule has 0 saturated heterocycles. The number of aromatic amines is 1. The maximum absolute atomic E-state index is 12.3. The molecule has 0 saturated carbocycles. The fraction of sp³-hybridized carbons (Fsp3) is 0.176. The Kier molecular flexibility index (Phi) is 4.11. The highest BCUT2D eigenvalue weighted by Gasteiger charge is 2.14. The molecule has 1 amide bonds. The number of benzene rings is 2. The molecular weight excluding hydrogens is 326 g/mol. The summed E-state index contributed by atoms with van der Waals surface area (Å²) in [5, 5.41) is 10.5. The van der Waals surface area contributed by atoms with Gasteiger partial charge in [-0.05, 0) is 36.8 Å². The Morgan fingerprint density at radius 3 is 2.54 bits per heavy atom. The third-order valence-electron chi connectivity index (χ3n) is 3.74. The van der Waals surface area contributed by atoms with Crippen LogP contribution in [0.1, 0.15) is 21.6 Å². The predicted octanol–water partition coefficient (Wildman–Crippen LogP) is 2.20. The lowest BCUT2D eigenvalue weighted by Crippen LogP contribution is -2.23. The van der Waals surface area contributed by atoms with Crippen LogP contribution in [0.5, 0.6) is 0 Å². The van der Waals surface area contributed by atoms with Gasteiger partial charge in [-0.2, -0.15) is 5.10 Å². The second-order valence-electron chi connectivity index (χ2n) is 5.72. The van der Waals surface area contributed by atoms with E-state index in [9.17, 15) is 13.2 Å². The van der Waals surface area contributed by atoms with Gasteiger partial charge < -0.3 is 5.32 Å². The zero-order valence-corrected chi connectivity index (χ0v) is 14.1. The van der Waals surface area contributed by atoms with Gasteiger partial charge >= 0.3 is 0 Å². The summed E-state index contributed by atoms with van der Waals surface area (Å²) in [5.41, 5.74) is 3.02. The van der Waals surface area contributed by atoms with E-state index < -0.39 is 9.84 Å². The molecule has 24 heavy (non-hydrogen) atoms. The van der Waals surface area contributed by atoms with Crippen molar-refractivity contribution in [3.8, 4) is 0 Å². The van der Waals surface area contributed by atoms with Crippen molar-refractivity contribution in [2.75, 3.05) is 6.26 Å². The first-order chi connectivity index (χ1) is 11.3. The molecule has 0 fully saturated rings. The highest BCUT2D eigenvalue weighted by molar-refractivity contribution is 7.90. The summed E-state index contributed by atoms with van der Waals surface area (Å²) < 4.78 is 22.9. The fourth-order valence-corrected chi connectivity index (χ4v) is 3.05. The molecule has 3 rings (SSSR count). The molecule has 0 bridgehead atoms. The molecule has 3 aromatic rings. The normalized spacial score (nSPS) is 11.6. The van der Waals surface area contributed by atoms with Gasteiger partial charge in [-0.3, -0.25) is 9.89 Å². The number of carbonyl (C=O) groups excluding carboxylic acids is 1. The smallest absolute Gasteiger partial charge is 0.272 e. The van der Waals surface area contributed by atoms with Crippen LogP contribution in [-0.4, -0.2) is 30.8 Å². The van der Waals surface area contributed by atoms with Gasteiger partial charge in [0.25, 0.3) is 5.91 Å². The number of amides is 1. The minimum Gasteiger partial charge on any atom is -0.347 e. The summed E-state index contributed by atoms with van der Waals surface area (Å²) in [7, 11) is -3.22. The van der Waals surface area contributed by atoms with Crippen LogP contribution in [0.25, 0.3) is 10.9 Å². The molecule has 0 aliphatic carbocycles. The molecule has 0 spiro atoms. The number of nitrogens with zero attached hydrogens (tertiary/aromatic N) is 1. The van der Waals surface area contributed by atoms with Crippen LogP contribution in [0.4, 0.5) is 0 Å². The summed E-state index contributed by atoms with van der Waals surface area (Å²) >= 11 is 0. The van der Waals surface area contributed by atoms with Crippen molar-refractivity contribution in [3.05, 3.63) is 59.3 Å². The van der Waals surface area contributed by atoms with E-state index in [1.54, 1.807) is 12.1 Å². The van der Waals surface area contributed by atoms with Gasteiger partial charge in [-0.1, -0.05) is 23.8 Å². The van der Waals surface area contributed by atoms with E-state index in [2.05, 4.69) is 15.5 Å². The maximum Gasteiger partial charge on any atom is 0.272 e.